The molecule has 1 aliphatic carbocycles. The van der Waals surface area contributed by atoms with E-state index in [4.69, 9.17) is 0 Å². The molecular weight excluding hydrogens is 468 g/mol. The summed E-state index contributed by atoms with van der Waals surface area (Å²) in [6.45, 7) is 0. The average molecular weight is 482 g/mol. The third kappa shape index (κ3) is 3.49. The Hall–Kier alpha value is -4.35. The number of pyridine rings is 1. The maximum absolute atomic E-state index is 14.4. The SMILES string of the molecule is O=c1[nH]cc(-c2cc([C@H]3C[C@@H]3c3cc(C(F)(F)F)c4ncccc4c3)c3ncc(F)n3n2)c(=O)[nH]1. The van der Waals surface area contributed by atoms with Gasteiger partial charge in [0.05, 0.1) is 28.5 Å². The van der Waals surface area contributed by atoms with E-state index in [0.29, 0.717) is 22.9 Å². The number of halogens is 4. The largest absolute Gasteiger partial charge is 0.418 e. The van der Waals surface area contributed by atoms with E-state index in [0.717, 1.165) is 16.8 Å². The van der Waals surface area contributed by atoms with Crippen LogP contribution in [-0.2, 0) is 6.18 Å². The van der Waals surface area contributed by atoms with Gasteiger partial charge >= 0.3 is 11.9 Å². The molecule has 35 heavy (non-hydrogen) atoms. The molecule has 0 spiro atoms. The quantitative estimate of drug-likeness (QED) is 0.381. The molecule has 0 saturated heterocycles. The van der Waals surface area contributed by atoms with Crippen molar-refractivity contribution in [2.75, 3.05) is 0 Å². The van der Waals surface area contributed by atoms with E-state index in [1.165, 1.54) is 12.4 Å². The van der Waals surface area contributed by atoms with Crippen molar-refractivity contribution >= 4 is 16.6 Å². The molecule has 0 aliphatic heterocycles. The zero-order valence-corrected chi connectivity index (χ0v) is 17.6. The van der Waals surface area contributed by atoms with Crippen LogP contribution in [0.4, 0.5) is 17.6 Å². The lowest BCUT2D eigenvalue weighted by Gasteiger charge is -2.13. The van der Waals surface area contributed by atoms with Gasteiger partial charge in [0.25, 0.3) is 5.56 Å². The Kier molecular flexibility index (Phi) is 4.44. The Bertz CT molecular complexity index is 1750. The lowest BCUT2D eigenvalue weighted by molar-refractivity contribution is -0.136. The molecule has 0 unspecified atom stereocenters. The molecule has 1 aromatic carbocycles. The van der Waals surface area contributed by atoms with Gasteiger partial charge in [0.1, 0.15) is 0 Å². The van der Waals surface area contributed by atoms with E-state index in [-0.39, 0.29) is 34.3 Å². The minimum atomic E-state index is -4.58. The molecule has 1 fully saturated rings. The van der Waals surface area contributed by atoms with Gasteiger partial charge in [-0.3, -0.25) is 14.8 Å². The normalized spacial score (nSPS) is 17.8. The van der Waals surface area contributed by atoms with Gasteiger partial charge in [0.15, 0.2) is 5.65 Å². The highest BCUT2D eigenvalue weighted by Gasteiger charge is 2.43. The van der Waals surface area contributed by atoms with Crippen LogP contribution < -0.4 is 11.2 Å². The predicted octanol–water partition coefficient (Wildman–Crippen LogP) is 3.75. The minimum Gasteiger partial charge on any atom is -0.313 e. The number of aromatic nitrogens is 6. The number of nitrogens with one attached hydrogen (secondary N) is 2. The first-order valence-electron chi connectivity index (χ1n) is 10.5. The van der Waals surface area contributed by atoms with Crippen LogP contribution in [0.3, 0.4) is 0 Å². The summed E-state index contributed by atoms with van der Waals surface area (Å²) in [6, 6.07) is 7.50. The molecule has 1 aliphatic rings. The number of aromatic amines is 2. The molecule has 5 aromatic rings. The highest BCUT2D eigenvalue weighted by molar-refractivity contribution is 5.83. The number of hydrogen-bond acceptors (Lipinski definition) is 5. The fourth-order valence-electron chi connectivity index (χ4n) is 4.52. The first-order chi connectivity index (χ1) is 16.7. The van der Waals surface area contributed by atoms with E-state index in [1.807, 2.05) is 0 Å². The molecule has 0 radical (unpaired) electrons. The average Bonchev–Trinajstić information content (AvgIpc) is 3.53. The lowest BCUT2D eigenvalue weighted by atomic mass is 9.99. The van der Waals surface area contributed by atoms with Gasteiger partial charge in [-0.05, 0) is 48.1 Å². The molecule has 0 bridgehead atoms. The Morgan fingerprint density at radius 3 is 2.69 bits per heavy atom. The van der Waals surface area contributed by atoms with Crippen LogP contribution in [0.1, 0.15) is 34.9 Å². The van der Waals surface area contributed by atoms with Crippen molar-refractivity contribution in [2.24, 2.45) is 0 Å². The van der Waals surface area contributed by atoms with Crippen LogP contribution in [0.5, 0.6) is 0 Å². The number of imidazole rings is 1. The standard InChI is InChI=1S/C23H14F4N6O2/c24-18-9-29-20-14(7-17(32-33(18)20)15-8-30-22(35)31-21(15)34)13-6-12(13)11-4-10-2-1-3-28-19(10)16(5-11)23(25,26)27/h1-5,7-9,12-13H,6H2,(H2,30,31,34,35)/t12-,13+/m1/s1. The van der Waals surface area contributed by atoms with Crippen molar-refractivity contribution < 1.29 is 17.6 Å². The summed E-state index contributed by atoms with van der Waals surface area (Å²) in [6.07, 6.45) is -0.615. The van der Waals surface area contributed by atoms with Crippen molar-refractivity contribution in [2.45, 2.75) is 24.4 Å². The minimum absolute atomic E-state index is 0.00851. The fourth-order valence-corrected chi connectivity index (χ4v) is 4.52. The van der Waals surface area contributed by atoms with Crippen molar-refractivity contribution in [3.8, 4) is 11.3 Å². The third-order valence-corrected chi connectivity index (χ3v) is 6.20. The van der Waals surface area contributed by atoms with Crippen molar-refractivity contribution in [1.29, 1.82) is 0 Å². The zero-order chi connectivity index (χ0) is 24.5. The van der Waals surface area contributed by atoms with Crippen LogP contribution >= 0.6 is 0 Å². The fraction of sp³-hybridized carbons (Fsp3) is 0.174. The van der Waals surface area contributed by atoms with E-state index in [9.17, 15) is 27.2 Å². The Balaban J connectivity index is 1.48. The van der Waals surface area contributed by atoms with Crippen LogP contribution in [0.2, 0.25) is 0 Å². The molecule has 0 amide bonds. The molecule has 12 heteroatoms. The summed E-state index contributed by atoms with van der Waals surface area (Å²) < 4.78 is 56.6. The zero-order valence-electron chi connectivity index (χ0n) is 17.6. The first-order valence-corrected chi connectivity index (χ1v) is 10.5. The van der Waals surface area contributed by atoms with Gasteiger partial charge in [-0.25, -0.2) is 9.78 Å². The number of benzene rings is 1. The Morgan fingerprint density at radius 1 is 1.09 bits per heavy atom. The van der Waals surface area contributed by atoms with Crippen molar-refractivity contribution in [1.82, 2.24) is 29.5 Å². The molecule has 2 N–H and O–H groups in total. The van der Waals surface area contributed by atoms with Gasteiger partial charge in [0, 0.05) is 23.3 Å². The smallest absolute Gasteiger partial charge is 0.313 e. The summed E-state index contributed by atoms with van der Waals surface area (Å²) in [5.41, 5.74) is -1.04. The van der Waals surface area contributed by atoms with Crippen molar-refractivity contribution in [3.63, 3.8) is 0 Å². The third-order valence-electron chi connectivity index (χ3n) is 6.20. The lowest BCUT2D eigenvalue weighted by Crippen LogP contribution is -2.23. The van der Waals surface area contributed by atoms with Crippen LogP contribution in [-0.4, -0.2) is 29.5 Å². The molecule has 4 heterocycles. The second kappa shape index (κ2) is 7.32. The summed E-state index contributed by atoms with van der Waals surface area (Å²) >= 11 is 0. The Labute approximate surface area is 192 Å². The van der Waals surface area contributed by atoms with Crippen LogP contribution in [0, 0.1) is 5.95 Å². The van der Waals surface area contributed by atoms with Crippen LogP contribution in [0.15, 0.2) is 58.5 Å². The van der Waals surface area contributed by atoms with Crippen LogP contribution in [0.25, 0.3) is 27.8 Å². The van der Waals surface area contributed by atoms with Gasteiger partial charge in [-0.1, -0.05) is 6.07 Å². The predicted molar refractivity (Wildman–Crippen MR) is 116 cm³/mol. The molecule has 1 saturated carbocycles. The van der Waals surface area contributed by atoms with E-state index in [1.54, 1.807) is 24.3 Å². The summed E-state index contributed by atoms with van der Waals surface area (Å²) in [5.74, 6) is -1.33. The van der Waals surface area contributed by atoms with Crippen molar-refractivity contribution in [3.05, 3.63) is 92.4 Å². The van der Waals surface area contributed by atoms with Gasteiger partial charge < -0.3 is 4.98 Å². The summed E-state index contributed by atoms with van der Waals surface area (Å²) in [4.78, 5) is 36.1. The second-order valence-corrected chi connectivity index (χ2v) is 8.38. The molecule has 4 aromatic heterocycles. The summed E-state index contributed by atoms with van der Waals surface area (Å²) in [7, 11) is 0. The van der Waals surface area contributed by atoms with E-state index < -0.39 is 28.9 Å². The monoisotopic (exact) mass is 482 g/mol. The molecule has 176 valence electrons. The first kappa shape index (κ1) is 21.2. The number of rotatable bonds is 3. The highest BCUT2D eigenvalue weighted by atomic mass is 19.4. The molecule has 2 atom stereocenters. The Morgan fingerprint density at radius 2 is 1.91 bits per heavy atom. The maximum atomic E-state index is 14.4. The summed E-state index contributed by atoms with van der Waals surface area (Å²) in [5, 5.41) is 4.50. The van der Waals surface area contributed by atoms with Gasteiger partial charge in [0.2, 0.25) is 5.95 Å². The van der Waals surface area contributed by atoms with E-state index >= 15 is 0 Å². The topological polar surface area (TPSA) is 109 Å². The number of nitrogens with zero attached hydrogens (tertiary/aromatic N) is 4. The molecule has 8 nitrogen and oxygen atoms in total. The second-order valence-electron chi connectivity index (χ2n) is 8.38. The van der Waals surface area contributed by atoms with Gasteiger partial charge in [-0.2, -0.15) is 27.2 Å². The maximum Gasteiger partial charge on any atom is 0.418 e. The number of alkyl halides is 3. The number of hydrogen-bond donors (Lipinski definition) is 2. The van der Waals surface area contributed by atoms with E-state index in [2.05, 4.69) is 25.0 Å². The molecular formula is C23H14F4N6O2. The number of H-pyrrole nitrogens is 2. The molecule has 6 rings (SSSR count). The number of fused-ring (bicyclic) bond motifs is 2. The highest BCUT2D eigenvalue weighted by Crippen LogP contribution is 2.56. The van der Waals surface area contributed by atoms with Gasteiger partial charge in [-0.15, -0.1) is 0 Å².